The van der Waals surface area contributed by atoms with Gasteiger partial charge in [-0.25, -0.2) is 4.99 Å². The summed E-state index contributed by atoms with van der Waals surface area (Å²) in [4.78, 5) is 16.1. The summed E-state index contributed by atoms with van der Waals surface area (Å²) >= 11 is 0.900. The van der Waals surface area contributed by atoms with Gasteiger partial charge in [0, 0.05) is 0 Å². The molecule has 1 fully saturated rings. The van der Waals surface area contributed by atoms with E-state index < -0.39 is 11.7 Å². The molecule has 3 rings (SSSR count). The normalized spacial score (nSPS) is 18.2. The zero-order chi connectivity index (χ0) is 17.2. The van der Waals surface area contributed by atoms with Crippen molar-refractivity contribution in [1.82, 2.24) is 5.32 Å². The molecule has 122 valence electrons. The van der Waals surface area contributed by atoms with Gasteiger partial charge in [0.25, 0.3) is 5.24 Å². The second-order valence-electron chi connectivity index (χ2n) is 4.91. The van der Waals surface area contributed by atoms with Crippen LogP contribution in [0.3, 0.4) is 0 Å². The lowest BCUT2D eigenvalue weighted by atomic mass is 10.1. The third-order valence-corrected chi connectivity index (χ3v) is 4.01. The van der Waals surface area contributed by atoms with E-state index in [0.29, 0.717) is 4.91 Å². The summed E-state index contributed by atoms with van der Waals surface area (Å²) in [6.45, 7) is 0. The number of carbonyl (C=O) groups is 1. The fourth-order valence-corrected chi connectivity index (χ4v) is 2.88. The third-order valence-electron chi connectivity index (χ3n) is 3.20. The van der Waals surface area contributed by atoms with Gasteiger partial charge in [0.15, 0.2) is 0 Å². The summed E-state index contributed by atoms with van der Waals surface area (Å²) in [5, 5.41) is 2.12. The minimum Gasteiger partial charge on any atom is -0.300 e. The summed E-state index contributed by atoms with van der Waals surface area (Å²) in [5.74, 6) is 0.116. The van der Waals surface area contributed by atoms with E-state index in [1.807, 2.05) is 30.3 Å². The first-order valence-electron chi connectivity index (χ1n) is 6.94. The number of hydrogen-bond donors (Lipinski definition) is 1. The Morgan fingerprint density at radius 1 is 1.00 bits per heavy atom. The van der Waals surface area contributed by atoms with Gasteiger partial charge in [-0.2, -0.15) is 13.2 Å². The maximum absolute atomic E-state index is 13.1. The number of nitrogens with one attached hydrogen (secondary N) is 1. The second-order valence-corrected chi connectivity index (χ2v) is 5.92. The molecule has 0 spiro atoms. The first-order chi connectivity index (χ1) is 11.4. The maximum atomic E-state index is 13.1. The lowest BCUT2D eigenvalue weighted by Gasteiger charge is -2.10. The molecule has 3 nitrogen and oxygen atoms in total. The highest BCUT2D eigenvalue weighted by atomic mass is 32.2. The number of alkyl halides is 3. The van der Waals surface area contributed by atoms with Gasteiger partial charge in [0.05, 0.1) is 16.2 Å². The molecule has 2 aromatic rings. The molecule has 1 amide bonds. The Kier molecular flexibility index (Phi) is 4.44. The first kappa shape index (κ1) is 16.3. The molecule has 1 heterocycles. The number of para-hydroxylation sites is 1. The van der Waals surface area contributed by atoms with Crippen LogP contribution in [0.4, 0.5) is 23.7 Å². The van der Waals surface area contributed by atoms with Crippen LogP contribution >= 0.6 is 11.8 Å². The van der Waals surface area contributed by atoms with Crippen LogP contribution in [-0.2, 0) is 6.18 Å². The molecule has 0 unspecified atom stereocenters. The van der Waals surface area contributed by atoms with Crippen LogP contribution < -0.4 is 5.32 Å². The van der Waals surface area contributed by atoms with Crippen molar-refractivity contribution in [3.05, 3.63) is 70.6 Å². The SMILES string of the molecule is O=C1NC(=Nc2ccccc2C(F)(F)F)/C(=C/c2ccccc2)S1. The molecule has 0 bridgehead atoms. The van der Waals surface area contributed by atoms with Crippen LogP contribution in [0.5, 0.6) is 0 Å². The summed E-state index contributed by atoms with van der Waals surface area (Å²) in [6, 6.07) is 14.2. The molecule has 7 heteroatoms. The molecule has 1 N–H and O–H groups in total. The molecule has 0 aromatic heterocycles. The van der Waals surface area contributed by atoms with Gasteiger partial charge in [0.2, 0.25) is 0 Å². The smallest absolute Gasteiger partial charge is 0.300 e. The number of amidine groups is 1. The van der Waals surface area contributed by atoms with E-state index >= 15 is 0 Å². The quantitative estimate of drug-likeness (QED) is 0.807. The zero-order valence-electron chi connectivity index (χ0n) is 12.2. The molecule has 1 aliphatic rings. The summed E-state index contributed by atoms with van der Waals surface area (Å²) in [6.07, 6.45) is -2.81. The number of carbonyl (C=O) groups excluding carboxylic acids is 1. The third kappa shape index (κ3) is 3.68. The van der Waals surface area contributed by atoms with Gasteiger partial charge in [-0.15, -0.1) is 0 Å². The molecular weight excluding hydrogens is 337 g/mol. The predicted molar refractivity (Wildman–Crippen MR) is 89.1 cm³/mol. The van der Waals surface area contributed by atoms with E-state index in [9.17, 15) is 18.0 Å². The molecule has 2 aromatic carbocycles. The number of benzene rings is 2. The maximum Gasteiger partial charge on any atom is 0.418 e. The lowest BCUT2D eigenvalue weighted by Crippen LogP contribution is -2.19. The highest BCUT2D eigenvalue weighted by Crippen LogP contribution is 2.37. The Balaban J connectivity index is 2.03. The van der Waals surface area contributed by atoms with Crippen LogP contribution in [-0.4, -0.2) is 11.1 Å². The molecule has 0 aliphatic carbocycles. The number of aliphatic imine (C=N–C) groups is 1. The van der Waals surface area contributed by atoms with Gasteiger partial charge >= 0.3 is 6.18 Å². The fourth-order valence-electron chi connectivity index (χ4n) is 2.14. The summed E-state index contributed by atoms with van der Waals surface area (Å²) in [7, 11) is 0. The summed E-state index contributed by atoms with van der Waals surface area (Å²) < 4.78 is 39.2. The first-order valence-corrected chi connectivity index (χ1v) is 7.76. The van der Waals surface area contributed by atoms with Gasteiger partial charge in [-0.1, -0.05) is 42.5 Å². The van der Waals surface area contributed by atoms with Gasteiger partial charge in [-0.3, -0.25) is 4.79 Å². The number of amides is 1. The largest absolute Gasteiger partial charge is 0.418 e. The second kappa shape index (κ2) is 6.52. The minimum absolute atomic E-state index is 0.116. The van der Waals surface area contributed by atoms with Crippen molar-refractivity contribution >= 4 is 34.6 Å². The average Bonchev–Trinajstić information content (AvgIpc) is 2.87. The van der Waals surface area contributed by atoms with Crippen molar-refractivity contribution in [3.8, 4) is 0 Å². The lowest BCUT2D eigenvalue weighted by molar-refractivity contribution is -0.137. The van der Waals surface area contributed by atoms with E-state index in [1.54, 1.807) is 6.08 Å². The van der Waals surface area contributed by atoms with E-state index in [4.69, 9.17) is 0 Å². The minimum atomic E-state index is -4.51. The molecule has 0 radical (unpaired) electrons. The van der Waals surface area contributed by atoms with Crippen LogP contribution in [0, 0.1) is 0 Å². The van der Waals surface area contributed by atoms with E-state index in [-0.39, 0.29) is 16.8 Å². The predicted octanol–water partition coefficient (Wildman–Crippen LogP) is 5.23. The molecule has 0 saturated carbocycles. The topological polar surface area (TPSA) is 41.5 Å². The standard InChI is InChI=1S/C17H11F3N2OS/c18-17(19,20)12-8-4-5-9-13(12)21-15-14(24-16(23)22-15)10-11-6-2-1-3-7-11/h1-10H,(H,21,22,23)/b14-10-. The van der Waals surface area contributed by atoms with E-state index in [1.165, 1.54) is 18.2 Å². The molecular formula is C17H11F3N2OS. The molecule has 1 aliphatic heterocycles. The van der Waals surface area contributed by atoms with Crippen molar-refractivity contribution in [3.63, 3.8) is 0 Å². The van der Waals surface area contributed by atoms with Crippen LogP contribution in [0.2, 0.25) is 0 Å². The Hall–Kier alpha value is -2.54. The van der Waals surface area contributed by atoms with Gasteiger partial charge in [0.1, 0.15) is 5.84 Å². The van der Waals surface area contributed by atoms with Crippen LogP contribution in [0.15, 0.2) is 64.5 Å². The zero-order valence-corrected chi connectivity index (χ0v) is 13.0. The number of thioether (sulfide) groups is 1. The molecule has 24 heavy (non-hydrogen) atoms. The van der Waals surface area contributed by atoms with Crippen molar-refractivity contribution in [1.29, 1.82) is 0 Å². The van der Waals surface area contributed by atoms with Crippen molar-refractivity contribution in [2.24, 2.45) is 4.99 Å². The number of hydrogen-bond acceptors (Lipinski definition) is 3. The highest BCUT2D eigenvalue weighted by molar-refractivity contribution is 8.18. The van der Waals surface area contributed by atoms with Crippen LogP contribution in [0.1, 0.15) is 11.1 Å². The summed E-state index contributed by atoms with van der Waals surface area (Å²) in [5.41, 5.74) is -0.252. The highest BCUT2D eigenvalue weighted by Gasteiger charge is 2.34. The Morgan fingerprint density at radius 3 is 2.38 bits per heavy atom. The van der Waals surface area contributed by atoms with Gasteiger partial charge < -0.3 is 5.32 Å². The van der Waals surface area contributed by atoms with Crippen LogP contribution in [0.25, 0.3) is 6.08 Å². The van der Waals surface area contributed by atoms with Crippen molar-refractivity contribution in [2.75, 3.05) is 0 Å². The van der Waals surface area contributed by atoms with Gasteiger partial charge in [-0.05, 0) is 35.5 Å². The number of halogens is 3. The Morgan fingerprint density at radius 2 is 1.67 bits per heavy atom. The van der Waals surface area contributed by atoms with Crippen molar-refractivity contribution in [2.45, 2.75) is 6.18 Å². The Bertz CT molecular complexity index is 829. The number of nitrogens with zero attached hydrogens (tertiary/aromatic N) is 1. The molecule has 0 atom stereocenters. The Labute approximate surface area is 140 Å². The van der Waals surface area contributed by atoms with E-state index in [2.05, 4.69) is 10.3 Å². The average molecular weight is 348 g/mol. The van der Waals surface area contributed by atoms with Crippen molar-refractivity contribution < 1.29 is 18.0 Å². The fraction of sp³-hybridized carbons (Fsp3) is 0.0588. The molecule has 1 saturated heterocycles. The monoisotopic (exact) mass is 348 g/mol. The number of rotatable bonds is 2. The van der Waals surface area contributed by atoms with E-state index in [0.717, 1.165) is 23.4 Å².